The molecule has 1 N–H and O–H groups in total. The third kappa shape index (κ3) is 1.55. The molecule has 14 heavy (non-hydrogen) atoms. The molecule has 1 fully saturated rings. The quantitative estimate of drug-likeness (QED) is 0.767. The lowest BCUT2D eigenvalue weighted by Gasteiger charge is -2.23. The molecule has 0 aliphatic heterocycles. The Morgan fingerprint density at radius 3 is 2.57 bits per heavy atom. The van der Waals surface area contributed by atoms with Gasteiger partial charge in [-0.25, -0.2) is 4.39 Å². The van der Waals surface area contributed by atoms with Crippen LogP contribution in [0.3, 0.4) is 0 Å². The summed E-state index contributed by atoms with van der Waals surface area (Å²) in [6.07, 6.45) is 2.09. The SMILES string of the molecule is Cc1ccc([C@@](C)(O)C2CC2)cc1F. The normalized spacial score (nSPS) is 20.6. The van der Waals surface area contributed by atoms with Crippen molar-refractivity contribution in [2.75, 3.05) is 0 Å². The molecular formula is C12H15FO. The molecule has 0 unspecified atom stereocenters. The molecule has 0 radical (unpaired) electrons. The van der Waals surface area contributed by atoms with E-state index in [-0.39, 0.29) is 5.82 Å². The molecular weight excluding hydrogens is 179 g/mol. The van der Waals surface area contributed by atoms with Gasteiger partial charge in [-0.15, -0.1) is 0 Å². The Hall–Kier alpha value is -0.890. The Labute approximate surface area is 83.6 Å². The highest BCUT2D eigenvalue weighted by atomic mass is 19.1. The number of aryl methyl sites for hydroxylation is 1. The van der Waals surface area contributed by atoms with Gasteiger partial charge in [-0.1, -0.05) is 12.1 Å². The van der Waals surface area contributed by atoms with Gasteiger partial charge in [-0.2, -0.15) is 0 Å². The lowest BCUT2D eigenvalue weighted by Crippen LogP contribution is -2.23. The highest BCUT2D eigenvalue weighted by Crippen LogP contribution is 2.45. The van der Waals surface area contributed by atoms with Crippen molar-refractivity contribution in [2.45, 2.75) is 32.3 Å². The van der Waals surface area contributed by atoms with Crippen LogP contribution in [0.1, 0.15) is 30.9 Å². The molecule has 76 valence electrons. The molecule has 2 rings (SSSR count). The Kier molecular flexibility index (Phi) is 2.11. The van der Waals surface area contributed by atoms with Gasteiger partial charge in [-0.3, -0.25) is 0 Å². The Balaban J connectivity index is 2.36. The molecule has 1 nitrogen and oxygen atoms in total. The monoisotopic (exact) mass is 194 g/mol. The van der Waals surface area contributed by atoms with E-state index in [0.29, 0.717) is 17.0 Å². The molecule has 1 aliphatic carbocycles. The molecule has 2 heteroatoms. The number of benzene rings is 1. The summed E-state index contributed by atoms with van der Waals surface area (Å²) in [7, 11) is 0. The van der Waals surface area contributed by atoms with Gasteiger partial charge in [0.05, 0.1) is 5.60 Å². The van der Waals surface area contributed by atoms with Crippen LogP contribution in [0, 0.1) is 18.7 Å². The molecule has 1 aromatic carbocycles. The first kappa shape index (κ1) is 9.66. The van der Waals surface area contributed by atoms with E-state index >= 15 is 0 Å². The summed E-state index contributed by atoms with van der Waals surface area (Å²) in [4.78, 5) is 0. The molecule has 0 saturated heterocycles. The van der Waals surface area contributed by atoms with E-state index in [4.69, 9.17) is 0 Å². The van der Waals surface area contributed by atoms with Gasteiger partial charge in [0, 0.05) is 0 Å². The maximum Gasteiger partial charge on any atom is 0.126 e. The minimum Gasteiger partial charge on any atom is -0.385 e. The summed E-state index contributed by atoms with van der Waals surface area (Å²) in [6, 6.07) is 4.99. The van der Waals surface area contributed by atoms with Crippen molar-refractivity contribution < 1.29 is 9.50 Å². The summed E-state index contributed by atoms with van der Waals surface area (Å²) in [5.41, 5.74) is 0.470. The average molecular weight is 194 g/mol. The van der Waals surface area contributed by atoms with Crippen LogP contribution in [0.2, 0.25) is 0 Å². The van der Waals surface area contributed by atoms with E-state index in [1.807, 2.05) is 6.07 Å². The number of hydrogen-bond donors (Lipinski definition) is 1. The largest absolute Gasteiger partial charge is 0.385 e. The van der Waals surface area contributed by atoms with Crippen LogP contribution in [0.4, 0.5) is 4.39 Å². The lowest BCUT2D eigenvalue weighted by molar-refractivity contribution is 0.0327. The lowest BCUT2D eigenvalue weighted by atomic mass is 9.90. The third-order valence-corrected chi connectivity index (χ3v) is 3.13. The molecule has 0 aromatic heterocycles. The van der Waals surface area contributed by atoms with Gasteiger partial charge in [0.1, 0.15) is 5.82 Å². The first-order chi connectivity index (χ1) is 6.51. The fourth-order valence-corrected chi connectivity index (χ4v) is 1.79. The summed E-state index contributed by atoms with van der Waals surface area (Å²) >= 11 is 0. The van der Waals surface area contributed by atoms with Crippen LogP contribution >= 0.6 is 0 Å². The van der Waals surface area contributed by atoms with E-state index in [1.165, 1.54) is 6.07 Å². The number of aliphatic hydroxyl groups is 1. The second-order valence-corrected chi connectivity index (χ2v) is 4.39. The first-order valence-corrected chi connectivity index (χ1v) is 5.01. The fraction of sp³-hybridized carbons (Fsp3) is 0.500. The minimum absolute atomic E-state index is 0.233. The summed E-state index contributed by atoms with van der Waals surface area (Å²) in [5, 5.41) is 10.2. The first-order valence-electron chi connectivity index (χ1n) is 5.01. The highest BCUT2D eigenvalue weighted by molar-refractivity contribution is 5.29. The minimum atomic E-state index is -0.853. The zero-order chi connectivity index (χ0) is 10.3. The molecule has 1 atom stereocenters. The van der Waals surface area contributed by atoms with Crippen LogP contribution < -0.4 is 0 Å². The zero-order valence-corrected chi connectivity index (χ0v) is 8.55. The third-order valence-electron chi connectivity index (χ3n) is 3.13. The smallest absolute Gasteiger partial charge is 0.126 e. The maximum atomic E-state index is 13.3. The van der Waals surface area contributed by atoms with Crippen molar-refractivity contribution in [1.29, 1.82) is 0 Å². The zero-order valence-electron chi connectivity index (χ0n) is 8.55. The fourth-order valence-electron chi connectivity index (χ4n) is 1.79. The van der Waals surface area contributed by atoms with Crippen LogP contribution in [-0.4, -0.2) is 5.11 Å². The van der Waals surface area contributed by atoms with Gasteiger partial charge < -0.3 is 5.11 Å². The summed E-state index contributed by atoms with van der Waals surface area (Å²) < 4.78 is 13.3. The van der Waals surface area contributed by atoms with Crippen LogP contribution in [0.25, 0.3) is 0 Å². The van der Waals surface area contributed by atoms with E-state index < -0.39 is 5.60 Å². The topological polar surface area (TPSA) is 20.2 Å². The standard InChI is InChI=1S/C12H15FO/c1-8-3-4-10(7-11(8)13)12(2,14)9-5-6-9/h3-4,7,9,14H,5-6H2,1-2H3/t12-/m0/s1. The van der Waals surface area contributed by atoms with E-state index in [9.17, 15) is 9.50 Å². The second-order valence-electron chi connectivity index (χ2n) is 4.39. The number of rotatable bonds is 2. The van der Waals surface area contributed by atoms with Gasteiger partial charge in [0.15, 0.2) is 0 Å². The van der Waals surface area contributed by atoms with Gasteiger partial charge in [0.25, 0.3) is 0 Å². The molecule has 1 saturated carbocycles. The van der Waals surface area contributed by atoms with Gasteiger partial charge >= 0.3 is 0 Å². The van der Waals surface area contributed by atoms with Crippen molar-refractivity contribution in [3.8, 4) is 0 Å². The van der Waals surface area contributed by atoms with Gasteiger partial charge in [-0.05, 0) is 49.8 Å². The van der Waals surface area contributed by atoms with Gasteiger partial charge in [0.2, 0.25) is 0 Å². The summed E-state index contributed by atoms with van der Waals surface area (Å²) in [6.45, 7) is 3.50. The highest BCUT2D eigenvalue weighted by Gasteiger charge is 2.41. The van der Waals surface area contributed by atoms with E-state index in [0.717, 1.165) is 12.8 Å². The van der Waals surface area contributed by atoms with Crippen LogP contribution in [0.5, 0.6) is 0 Å². The predicted molar refractivity (Wildman–Crippen MR) is 53.4 cm³/mol. The van der Waals surface area contributed by atoms with E-state index in [2.05, 4.69) is 0 Å². The van der Waals surface area contributed by atoms with E-state index in [1.54, 1.807) is 19.9 Å². The summed E-state index contributed by atoms with van der Waals surface area (Å²) in [5.74, 6) is 0.0769. The number of halogens is 1. The Morgan fingerprint density at radius 2 is 2.07 bits per heavy atom. The molecule has 1 aliphatic rings. The number of hydrogen-bond acceptors (Lipinski definition) is 1. The second kappa shape index (κ2) is 3.06. The maximum absolute atomic E-state index is 13.3. The van der Waals surface area contributed by atoms with Crippen molar-refractivity contribution >= 4 is 0 Å². The molecule has 0 spiro atoms. The van der Waals surface area contributed by atoms with Crippen molar-refractivity contribution in [1.82, 2.24) is 0 Å². The Bertz CT molecular complexity index is 353. The average Bonchev–Trinajstić information content (AvgIpc) is 2.92. The Morgan fingerprint density at radius 1 is 1.43 bits per heavy atom. The molecule has 0 bridgehead atoms. The van der Waals surface area contributed by atoms with Crippen molar-refractivity contribution in [3.05, 3.63) is 35.1 Å². The molecule has 0 heterocycles. The predicted octanol–water partition coefficient (Wildman–Crippen LogP) is 2.75. The van der Waals surface area contributed by atoms with Crippen LogP contribution in [0.15, 0.2) is 18.2 Å². The molecule has 1 aromatic rings. The van der Waals surface area contributed by atoms with Crippen LogP contribution in [-0.2, 0) is 5.60 Å². The van der Waals surface area contributed by atoms with Crippen molar-refractivity contribution in [2.24, 2.45) is 5.92 Å². The molecule has 0 amide bonds. The van der Waals surface area contributed by atoms with Crippen molar-refractivity contribution in [3.63, 3.8) is 0 Å².